The van der Waals surface area contributed by atoms with Crippen molar-refractivity contribution in [3.05, 3.63) is 41.2 Å². The van der Waals surface area contributed by atoms with Crippen LogP contribution in [0.1, 0.15) is 5.82 Å². The average Bonchev–Trinajstić information content (AvgIpc) is 2.15. The normalized spacial score (nSPS) is 10.4. The van der Waals surface area contributed by atoms with E-state index in [1.807, 2.05) is 31.2 Å². The summed E-state index contributed by atoms with van der Waals surface area (Å²) in [6.45, 7) is 1.82. The van der Waals surface area contributed by atoms with Gasteiger partial charge in [-0.15, -0.1) is 0 Å². The van der Waals surface area contributed by atoms with Crippen LogP contribution in [0.25, 0.3) is 0 Å². The highest BCUT2D eigenvalue weighted by Gasteiger charge is 2.02. The molecule has 0 atom stereocenters. The maximum absolute atomic E-state index is 5.90. The van der Waals surface area contributed by atoms with E-state index < -0.39 is 0 Å². The van der Waals surface area contributed by atoms with Crippen LogP contribution in [-0.4, -0.2) is 9.97 Å². The minimum Gasteiger partial charge on any atom is -0.384 e. The number of anilines is 1. The topological polar surface area (TPSA) is 51.8 Å². The summed E-state index contributed by atoms with van der Waals surface area (Å²) in [5, 5.41) is 1.54. The van der Waals surface area contributed by atoms with E-state index in [1.165, 1.54) is 11.8 Å². The molecule has 0 aliphatic carbocycles. The SMILES string of the molecule is Cc1nc(N)cc(Sc2cccc(Cl)c2)n1. The number of hydrogen-bond donors (Lipinski definition) is 1. The zero-order chi connectivity index (χ0) is 11.5. The van der Waals surface area contributed by atoms with E-state index in [1.54, 1.807) is 6.07 Å². The molecular weight excluding hydrogens is 242 g/mol. The van der Waals surface area contributed by atoms with Gasteiger partial charge in [0.1, 0.15) is 16.7 Å². The Morgan fingerprint density at radius 2 is 2.06 bits per heavy atom. The van der Waals surface area contributed by atoms with Gasteiger partial charge in [0.05, 0.1) is 0 Å². The summed E-state index contributed by atoms with van der Waals surface area (Å²) in [5.41, 5.74) is 5.65. The third kappa shape index (κ3) is 2.87. The summed E-state index contributed by atoms with van der Waals surface area (Å²) in [4.78, 5) is 9.34. The molecule has 1 aromatic carbocycles. The monoisotopic (exact) mass is 251 g/mol. The third-order valence-electron chi connectivity index (χ3n) is 1.85. The molecule has 2 aromatic rings. The number of nitrogens with zero attached hydrogens (tertiary/aromatic N) is 2. The second-order valence-electron chi connectivity index (χ2n) is 3.24. The minimum atomic E-state index is 0.483. The van der Waals surface area contributed by atoms with Crippen LogP contribution >= 0.6 is 23.4 Å². The van der Waals surface area contributed by atoms with Crippen molar-refractivity contribution in [3.8, 4) is 0 Å². The summed E-state index contributed by atoms with van der Waals surface area (Å²) in [6.07, 6.45) is 0. The molecule has 2 rings (SSSR count). The van der Waals surface area contributed by atoms with E-state index in [2.05, 4.69) is 9.97 Å². The van der Waals surface area contributed by atoms with Crippen molar-refractivity contribution in [3.63, 3.8) is 0 Å². The van der Waals surface area contributed by atoms with Crippen molar-refractivity contribution in [2.24, 2.45) is 0 Å². The van der Waals surface area contributed by atoms with Gasteiger partial charge in [0.15, 0.2) is 0 Å². The molecule has 0 spiro atoms. The first-order valence-corrected chi connectivity index (χ1v) is 5.87. The first kappa shape index (κ1) is 11.2. The van der Waals surface area contributed by atoms with Crippen molar-refractivity contribution >= 4 is 29.2 Å². The maximum atomic E-state index is 5.90. The first-order chi connectivity index (χ1) is 7.63. The van der Waals surface area contributed by atoms with E-state index in [-0.39, 0.29) is 0 Å². The molecule has 0 saturated carbocycles. The molecule has 16 heavy (non-hydrogen) atoms. The number of aryl methyl sites for hydroxylation is 1. The van der Waals surface area contributed by atoms with Gasteiger partial charge in [0, 0.05) is 16.0 Å². The van der Waals surface area contributed by atoms with Crippen molar-refractivity contribution in [2.45, 2.75) is 16.8 Å². The molecule has 5 heteroatoms. The van der Waals surface area contributed by atoms with Gasteiger partial charge >= 0.3 is 0 Å². The Hall–Kier alpha value is -1.26. The Morgan fingerprint density at radius 1 is 1.25 bits per heavy atom. The molecular formula is C11H10ClN3S. The summed E-state index contributed by atoms with van der Waals surface area (Å²) in [5.74, 6) is 1.15. The lowest BCUT2D eigenvalue weighted by molar-refractivity contribution is 0.975. The van der Waals surface area contributed by atoms with Crippen LogP contribution in [-0.2, 0) is 0 Å². The molecule has 0 bridgehead atoms. The van der Waals surface area contributed by atoms with Crippen LogP contribution in [0.15, 0.2) is 40.3 Å². The maximum Gasteiger partial charge on any atom is 0.128 e. The Morgan fingerprint density at radius 3 is 2.75 bits per heavy atom. The molecule has 2 N–H and O–H groups in total. The highest BCUT2D eigenvalue weighted by Crippen LogP contribution is 2.28. The van der Waals surface area contributed by atoms with E-state index in [0.717, 1.165) is 9.92 Å². The standard InChI is InChI=1S/C11H10ClN3S/c1-7-14-10(13)6-11(15-7)16-9-4-2-3-8(12)5-9/h2-6H,1H3,(H2,13,14,15). The number of nitrogens with two attached hydrogens (primary N) is 1. The van der Waals surface area contributed by atoms with Crippen molar-refractivity contribution in [1.29, 1.82) is 0 Å². The lowest BCUT2D eigenvalue weighted by Crippen LogP contribution is -1.96. The highest BCUT2D eigenvalue weighted by molar-refractivity contribution is 7.99. The quantitative estimate of drug-likeness (QED) is 0.833. The third-order valence-corrected chi connectivity index (χ3v) is 3.00. The van der Waals surface area contributed by atoms with Gasteiger partial charge in [-0.05, 0) is 25.1 Å². The van der Waals surface area contributed by atoms with Crippen LogP contribution in [0.5, 0.6) is 0 Å². The lowest BCUT2D eigenvalue weighted by atomic mass is 10.4. The van der Waals surface area contributed by atoms with Crippen LogP contribution in [0, 0.1) is 6.92 Å². The van der Waals surface area contributed by atoms with Crippen molar-refractivity contribution in [1.82, 2.24) is 9.97 Å². The number of benzene rings is 1. The molecule has 0 fully saturated rings. The number of nitrogen functional groups attached to an aromatic ring is 1. The molecule has 3 nitrogen and oxygen atoms in total. The zero-order valence-corrected chi connectivity index (χ0v) is 10.2. The Kier molecular flexibility index (Phi) is 3.31. The predicted octanol–water partition coefficient (Wildman–Crippen LogP) is 3.17. The van der Waals surface area contributed by atoms with Gasteiger partial charge in [-0.1, -0.05) is 29.4 Å². The molecule has 1 heterocycles. The second-order valence-corrected chi connectivity index (χ2v) is 4.77. The number of halogens is 1. The van der Waals surface area contributed by atoms with Crippen molar-refractivity contribution in [2.75, 3.05) is 5.73 Å². The van der Waals surface area contributed by atoms with Gasteiger partial charge in [-0.25, -0.2) is 9.97 Å². The summed E-state index contributed by atoms with van der Waals surface area (Å²) in [6, 6.07) is 9.36. The highest BCUT2D eigenvalue weighted by atomic mass is 35.5. The molecule has 0 aliphatic rings. The fourth-order valence-corrected chi connectivity index (χ4v) is 2.45. The van der Waals surface area contributed by atoms with E-state index in [0.29, 0.717) is 16.7 Å². The van der Waals surface area contributed by atoms with Crippen molar-refractivity contribution < 1.29 is 0 Å². The van der Waals surface area contributed by atoms with E-state index in [9.17, 15) is 0 Å². The van der Waals surface area contributed by atoms with E-state index >= 15 is 0 Å². The number of hydrogen-bond acceptors (Lipinski definition) is 4. The van der Waals surface area contributed by atoms with Gasteiger partial charge in [-0.2, -0.15) is 0 Å². The van der Waals surface area contributed by atoms with Crippen LogP contribution in [0.2, 0.25) is 5.02 Å². The predicted molar refractivity (Wildman–Crippen MR) is 66.8 cm³/mol. The summed E-state index contributed by atoms with van der Waals surface area (Å²) < 4.78 is 0. The summed E-state index contributed by atoms with van der Waals surface area (Å²) in [7, 11) is 0. The fraction of sp³-hybridized carbons (Fsp3) is 0.0909. The molecule has 82 valence electrons. The Balaban J connectivity index is 2.27. The molecule has 1 aromatic heterocycles. The average molecular weight is 252 g/mol. The first-order valence-electron chi connectivity index (χ1n) is 4.68. The van der Waals surface area contributed by atoms with Crippen LogP contribution in [0.3, 0.4) is 0 Å². The Bertz CT molecular complexity index is 496. The largest absolute Gasteiger partial charge is 0.384 e. The Labute approximate surface area is 103 Å². The molecule has 0 radical (unpaired) electrons. The number of aromatic nitrogens is 2. The molecule has 0 saturated heterocycles. The summed E-state index contributed by atoms with van der Waals surface area (Å²) >= 11 is 7.42. The minimum absolute atomic E-state index is 0.483. The lowest BCUT2D eigenvalue weighted by Gasteiger charge is -2.03. The molecule has 0 unspecified atom stereocenters. The van der Waals surface area contributed by atoms with Gasteiger partial charge < -0.3 is 5.73 Å². The second kappa shape index (κ2) is 4.72. The van der Waals surface area contributed by atoms with Gasteiger partial charge in [0.2, 0.25) is 0 Å². The number of rotatable bonds is 2. The van der Waals surface area contributed by atoms with Gasteiger partial charge in [0.25, 0.3) is 0 Å². The van der Waals surface area contributed by atoms with Crippen LogP contribution in [0.4, 0.5) is 5.82 Å². The van der Waals surface area contributed by atoms with E-state index in [4.69, 9.17) is 17.3 Å². The smallest absolute Gasteiger partial charge is 0.128 e. The fourth-order valence-electron chi connectivity index (χ4n) is 1.27. The molecule has 0 amide bonds. The zero-order valence-electron chi connectivity index (χ0n) is 8.64. The molecule has 0 aliphatic heterocycles. The van der Waals surface area contributed by atoms with Gasteiger partial charge in [-0.3, -0.25) is 0 Å². The van der Waals surface area contributed by atoms with Crippen LogP contribution < -0.4 is 5.73 Å².